The van der Waals surface area contributed by atoms with Gasteiger partial charge in [-0.2, -0.15) is 0 Å². The molecule has 0 aliphatic carbocycles. The molecule has 90 valence electrons. The van der Waals surface area contributed by atoms with E-state index >= 15 is 0 Å². The van der Waals surface area contributed by atoms with Crippen molar-refractivity contribution in [2.75, 3.05) is 5.32 Å². The Labute approximate surface area is 107 Å². The molecule has 0 saturated heterocycles. The number of rotatable bonds is 5. The molecule has 16 heavy (non-hydrogen) atoms. The molecular weight excluding hydrogens is 264 g/mol. The van der Waals surface area contributed by atoms with Crippen molar-refractivity contribution in [3.8, 4) is 0 Å². The van der Waals surface area contributed by atoms with Crippen LogP contribution in [0.25, 0.3) is 0 Å². The zero-order valence-corrected chi connectivity index (χ0v) is 12.1. The van der Waals surface area contributed by atoms with E-state index in [1.54, 1.807) is 0 Å². The molecule has 0 radical (unpaired) electrons. The van der Waals surface area contributed by atoms with Crippen LogP contribution in [0, 0.1) is 12.8 Å². The van der Waals surface area contributed by atoms with E-state index in [0.717, 1.165) is 16.2 Å². The van der Waals surface area contributed by atoms with Crippen LogP contribution in [0.3, 0.4) is 0 Å². The molecule has 0 fully saturated rings. The molecule has 0 amide bonds. The van der Waals surface area contributed by atoms with Crippen LogP contribution in [-0.2, 0) is 0 Å². The number of pyridine rings is 1. The summed E-state index contributed by atoms with van der Waals surface area (Å²) in [6.07, 6.45) is 4.27. The number of nitrogens with zero attached hydrogens (tertiary/aromatic N) is 1. The van der Waals surface area contributed by atoms with Crippen LogP contribution in [0.4, 0.5) is 5.82 Å². The van der Waals surface area contributed by atoms with Crippen molar-refractivity contribution in [1.29, 1.82) is 0 Å². The Balaban J connectivity index is 2.56. The number of hydrogen-bond donors (Lipinski definition) is 1. The van der Waals surface area contributed by atoms with Gasteiger partial charge in [0.1, 0.15) is 5.82 Å². The Kier molecular flexibility index (Phi) is 5.26. The van der Waals surface area contributed by atoms with Gasteiger partial charge in [0.2, 0.25) is 0 Å². The van der Waals surface area contributed by atoms with Crippen LogP contribution in [0.2, 0.25) is 0 Å². The third kappa shape index (κ3) is 4.12. The minimum Gasteiger partial charge on any atom is -0.367 e. The highest BCUT2D eigenvalue weighted by Gasteiger charge is 2.08. The van der Waals surface area contributed by atoms with Gasteiger partial charge in [-0.15, -0.1) is 0 Å². The summed E-state index contributed by atoms with van der Waals surface area (Å²) in [6.45, 7) is 8.80. The summed E-state index contributed by atoms with van der Waals surface area (Å²) in [4.78, 5) is 4.35. The van der Waals surface area contributed by atoms with Crippen LogP contribution < -0.4 is 5.32 Å². The standard InChI is InChI=1S/C13H21BrN2/c1-9(2)5-6-11(4)16-13-12(14)10(3)7-8-15-13/h7-9,11H,5-6H2,1-4H3,(H,15,16). The van der Waals surface area contributed by atoms with E-state index in [2.05, 4.69) is 53.9 Å². The highest BCUT2D eigenvalue weighted by atomic mass is 79.9. The van der Waals surface area contributed by atoms with Crippen molar-refractivity contribution in [3.63, 3.8) is 0 Å². The number of halogens is 1. The molecule has 1 rings (SSSR count). The lowest BCUT2D eigenvalue weighted by Crippen LogP contribution is -2.17. The van der Waals surface area contributed by atoms with Crippen molar-refractivity contribution < 1.29 is 0 Å². The SMILES string of the molecule is Cc1ccnc(NC(C)CCC(C)C)c1Br. The summed E-state index contributed by atoms with van der Waals surface area (Å²) in [5, 5.41) is 3.45. The fraction of sp³-hybridized carbons (Fsp3) is 0.615. The van der Waals surface area contributed by atoms with Gasteiger partial charge in [0, 0.05) is 12.2 Å². The van der Waals surface area contributed by atoms with Gasteiger partial charge in [-0.25, -0.2) is 4.98 Å². The first kappa shape index (κ1) is 13.5. The maximum absolute atomic E-state index is 4.35. The summed E-state index contributed by atoms with van der Waals surface area (Å²) in [7, 11) is 0. The summed E-state index contributed by atoms with van der Waals surface area (Å²) in [5.74, 6) is 1.72. The average Bonchev–Trinajstić information content (AvgIpc) is 2.22. The molecule has 0 aromatic carbocycles. The third-order valence-corrected chi connectivity index (χ3v) is 3.64. The predicted octanol–water partition coefficient (Wildman–Crippen LogP) is 4.39. The molecule has 3 heteroatoms. The predicted molar refractivity (Wildman–Crippen MR) is 73.8 cm³/mol. The van der Waals surface area contributed by atoms with E-state index in [9.17, 15) is 0 Å². The van der Waals surface area contributed by atoms with E-state index in [0.29, 0.717) is 6.04 Å². The van der Waals surface area contributed by atoms with Crippen LogP contribution in [0.5, 0.6) is 0 Å². The lowest BCUT2D eigenvalue weighted by atomic mass is 10.0. The van der Waals surface area contributed by atoms with E-state index in [4.69, 9.17) is 0 Å². The number of nitrogens with one attached hydrogen (secondary N) is 1. The number of aromatic nitrogens is 1. The molecule has 0 spiro atoms. The molecule has 0 aliphatic heterocycles. The zero-order chi connectivity index (χ0) is 12.1. The van der Waals surface area contributed by atoms with Crippen LogP contribution in [-0.4, -0.2) is 11.0 Å². The Morgan fingerprint density at radius 2 is 2.00 bits per heavy atom. The van der Waals surface area contributed by atoms with E-state index in [-0.39, 0.29) is 0 Å². The second-order valence-electron chi connectivity index (χ2n) is 4.81. The Morgan fingerprint density at radius 3 is 2.62 bits per heavy atom. The molecule has 0 aliphatic rings. The molecule has 0 saturated carbocycles. The van der Waals surface area contributed by atoms with Gasteiger partial charge < -0.3 is 5.32 Å². The van der Waals surface area contributed by atoms with Crippen molar-refractivity contribution in [3.05, 3.63) is 22.3 Å². The number of hydrogen-bond acceptors (Lipinski definition) is 2. The summed E-state index contributed by atoms with van der Waals surface area (Å²) >= 11 is 3.56. The van der Waals surface area contributed by atoms with Crippen molar-refractivity contribution in [1.82, 2.24) is 4.98 Å². The summed E-state index contributed by atoms with van der Waals surface area (Å²) < 4.78 is 1.08. The minimum atomic E-state index is 0.466. The lowest BCUT2D eigenvalue weighted by Gasteiger charge is -2.17. The molecule has 1 atom stereocenters. The molecule has 1 heterocycles. The Bertz CT molecular complexity index is 337. The monoisotopic (exact) mass is 284 g/mol. The van der Waals surface area contributed by atoms with Gasteiger partial charge >= 0.3 is 0 Å². The number of anilines is 1. The third-order valence-electron chi connectivity index (χ3n) is 2.64. The van der Waals surface area contributed by atoms with E-state index in [1.807, 2.05) is 12.3 Å². The zero-order valence-electron chi connectivity index (χ0n) is 10.5. The Morgan fingerprint density at radius 1 is 1.31 bits per heavy atom. The highest BCUT2D eigenvalue weighted by Crippen LogP contribution is 2.24. The van der Waals surface area contributed by atoms with Crippen molar-refractivity contribution >= 4 is 21.7 Å². The van der Waals surface area contributed by atoms with Gasteiger partial charge in [-0.3, -0.25) is 0 Å². The summed E-state index contributed by atoms with van der Waals surface area (Å²) in [5.41, 5.74) is 1.22. The van der Waals surface area contributed by atoms with Gasteiger partial charge in [0.25, 0.3) is 0 Å². The first-order valence-electron chi connectivity index (χ1n) is 5.88. The van der Waals surface area contributed by atoms with Gasteiger partial charge in [-0.1, -0.05) is 13.8 Å². The second kappa shape index (κ2) is 6.24. The maximum atomic E-state index is 4.35. The number of aryl methyl sites for hydroxylation is 1. The van der Waals surface area contributed by atoms with E-state index < -0.39 is 0 Å². The maximum Gasteiger partial charge on any atom is 0.140 e. The molecule has 1 unspecified atom stereocenters. The fourth-order valence-corrected chi connectivity index (χ4v) is 1.88. The minimum absolute atomic E-state index is 0.466. The van der Waals surface area contributed by atoms with Crippen molar-refractivity contribution in [2.24, 2.45) is 5.92 Å². The topological polar surface area (TPSA) is 24.9 Å². The highest BCUT2D eigenvalue weighted by molar-refractivity contribution is 9.10. The second-order valence-corrected chi connectivity index (χ2v) is 5.60. The fourth-order valence-electron chi connectivity index (χ4n) is 1.53. The van der Waals surface area contributed by atoms with Crippen LogP contribution in [0.1, 0.15) is 39.2 Å². The Hall–Kier alpha value is -0.570. The summed E-state index contributed by atoms with van der Waals surface area (Å²) in [6, 6.07) is 2.47. The first-order valence-corrected chi connectivity index (χ1v) is 6.67. The molecular formula is C13H21BrN2. The van der Waals surface area contributed by atoms with Crippen LogP contribution >= 0.6 is 15.9 Å². The first-order chi connectivity index (χ1) is 7.50. The smallest absolute Gasteiger partial charge is 0.140 e. The van der Waals surface area contributed by atoms with Gasteiger partial charge in [0.05, 0.1) is 4.47 Å². The molecule has 1 aromatic rings. The quantitative estimate of drug-likeness (QED) is 0.868. The lowest BCUT2D eigenvalue weighted by molar-refractivity contribution is 0.527. The molecule has 1 N–H and O–H groups in total. The molecule has 0 bridgehead atoms. The normalized spacial score (nSPS) is 12.9. The average molecular weight is 285 g/mol. The van der Waals surface area contributed by atoms with Gasteiger partial charge in [-0.05, 0) is 60.2 Å². The van der Waals surface area contributed by atoms with E-state index in [1.165, 1.54) is 18.4 Å². The van der Waals surface area contributed by atoms with Gasteiger partial charge in [0.15, 0.2) is 0 Å². The van der Waals surface area contributed by atoms with Crippen molar-refractivity contribution in [2.45, 2.75) is 46.6 Å². The molecule has 2 nitrogen and oxygen atoms in total. The largest absolute Gasteiger partial charge is 0.367 e. The van der Waals surface area contributed by atoms with Crippen LogP contribution in [0.15, 0.2) is 16.7 Å². The molecule has 1 aromatic heterocycles.